The molecule has 2 heterocycles. The van der Waals surface area contributed by atoms with Crippen LogP contribution in [0.25, 0.3) is 65.7 Å². The molecular formula is C47H31N3O. The number of nitrogens with one attached hydrogen (secondary N) is 1. The van der Waals surface area contributed by atoms with E-state index in [1.807, 2.05) is 36.4 Å². The van der Waals surface area contributed by atoms with Gasteiger partial charge in [-0.25, -0.2) is 9.98 Å². The largest absolute Gasteiger partial charge is 0.455 e. The first-order chi connectivity index (χ1) is 25.2. The van der Waals surface area contributed by atoms with Crippen molar-refractivity contribution in [1.29, 1.82) is 0 Å². The van der Waals surface area contributed by atoms with Crippen molar-refractivity contribution in [2.45, 2.75) is 6.17 Å². The SMILES string of the molecule is c1ccc(C2=NC(c3ccc(-c4ccc(-c5ccc6ccccc6c5)c5oc6cc7ccccc7cc6c45)cc3)NC(c3ccccc3)=N2)cc1. The second-order valence-corrected chi connectivity index (χ2v) is 13.0. The number of furan rings is 1. The van der Waals surface area contributed by atoms with Gasteiger partial charge in [0.15, 0.2) is 5.84 Å². The number of rotatable bonds is 5. The van der Waals surface area contributed by atoms with E-state index in [0.29, 0.717) is 5.84 Å². The fourth-order valence-electron chi connectivity index (χ4n) is 7.31. The first-order valence-corrected chi connectivity index (χ1v) is 17.3. The molecule has 0 radical (unpaired) electrons. The summed E-state index contributed by atoms with van der Waals surface area (Å²) in [5.74, 6) is 1.52. The van der Waals surface area contributed by atoms with Crippen LogP contribution in [0.5, 0.6) is 0 Å². The van der Waals surface area contributed by atoms with Crippen molar-refractivity contribution in [3.05, 3.63) is 193 Å². The molecule has 4 nitrogen and oxygen atoms in total. The quantitative estimate of drug-likeness (QED) is 0.201. The Kier molecular flexibility index (Phi) is 6.85. The molecule has 51 heavy (non-hydrogen) atoms. The zero-order valence-electron chi connectivity index (χ0n) is 27.6. The number of amidine groups is 2. The van der Waals surface area contributed by atoms with E-state index in [2.05, 4.69) is 145 Å². The van der Waals surface area contributed by atoms with Gasteiger partial charge in [-0.2, -0.15) is 0 Å². The van der Waals surface area contributed by atoms with Crippen molar-refractivity contribution in [2.24, 2.45) is 9.98 Å². The van der Waals surface area contributed by atoms with E-state index in [1.54, 1.807) is 0 Å². The van der Waals surface area contributed by atoms with Gasteiger partial charge < -0.3 is 9.73 Å². The Labute approximate surface area is 295 Å². The first kappa shape index (κ1) is 29.2. The van der Waals surface area contributed by atoms with Gasteiger partial charge in [-0.05, 0) is 68.1 Å². The van der Waals surface area contributed by atoms with Gasteiger partial charge in [0, 0.05) is 27.5 Å². The van der Waals surface area contributed by atoms with Gasteiger partial charge in [0.2, 0.25) is 0 Å². The molecule has 1 aromatic heterocycles. The third kappa shape index (κ3) is 5.17. The fourth-order valence-corrected chi connectivity index (χ4v) is 7.31. The lowest BCUT2D eigenvalue weighted by molar-refractivity contribution is 0.670. The summed E-state index contributed by atoms with van der Waals surface area (Å²) in [7, 11) is 0. The summed E-state index contributed by atoms with van der Waals surface area (Å²) >= 11 is 0. The lowest BCUT2D eigenvalue weighted by Gasteiger charge is -2.24. The minimum absolute atomic E-state index is 0.293. The molecule has 0 saturated heterocycles. The molecule has 1 N–H and O–H groups in total. The maximum atomic E-state index is 6.81. The van der Waals surface area contributed by atoms with Crippen LogP contribution in [0.15, 0.2) is 190 Å². The number of hydrogen-bond donors (Lipinski definition) is 1. The van der Waals surface area contributed by atoms with E-state index in [4.69, 9.17) is 14.4 Å². The maximum absolute atomic E-state index is 6.81. The highest BCUT2D eigenvalue weighted by atomic mass is 16.3. The lowest BCUT2D eigenvalue weighted by atomic mass is 9.93. The number of nitrogens with zero attached hydrogens (tertiary/aromatic N) is 2. The number of fused-ring (bicyclic) bond motifs is 5. The molecule has 1 unspecified atom stereocenters. The predicted molar refractivity (Wildman–Crippen MR) is 211 cm³/mol. The molecule has 0 saturated carbocycles. The number of hydrogen-bond acceptors (Lipinski definition) is 4. The Hall–Kier alpha value is -6.78. The van der Waals surface area contributed by atoms with E-state index in [-0.39, 0.29) is 6.17 Å². The molecular weight excluding hydrogens is 623 g/mol. The van der Waals surface area contributed by atoms with Gasteiger partial charge >= 0.3 is 0 Å². The Morgan fingerprint density at radius 2 is 1.08 bits per heavy atom. The Morgan fingerprint density at radius 1 is 0.471 bits per heavy atom. The molecule has 8 aromatic carbocycles. The van der Waals surface area contributed by atoms with E-state index >= 15 is 0 Å². The molecule has 0 amide bonds. The Bertz CT molecular complexity index is 2820. The molecule has 9 aromatic rings. The van der Waals surface area contributed by atoms with Gasteiger partial charge in [-0.3, -0.25) is 0 Å². The standard InChI is InChI=1S/C47H31N3O/c1-3-12-32(13-4-1)45-48-46(33-14-5-2-6-15-33)50-47(49-45)34-22-20-31(21-23-34)39-25-26-40(38-24-19-30-11-7-8-16-35(30)27-38)44-43(39)41-28-36-17-9-10-18-37(36)29-42(41)51-44/h1-29,47H,(H,48,49,50). The molecule has 4 heteroatoms. The minimum Gasteiger partial charge on any atom is -0.455 e. The molecule has 0 aliphatic carbocycles. The second-order valence-electron chi connectivity index (χ2n) is 13.0. The van der Waals surface area contributed by atoms with Crippen LogP contribution in [-0.2, 0) is 0 Å². The zero-order valence-corrected chi connectivity index (χ0v) is 27.6. The van der Waals surface area contributed by atoms with E-state index < -0.39 is 0 Å². The van der Waals surface area contributed by atoms with Crippen molar-refractivity contribution in [3.63, 3.8) is 0 Å². The fraction of sp³-hybridized carbons (Fsp3) is 0.0213. The molecule has 1 aliphatic heterocycles. The van der Waals surface area contributed by atoms with Gasteiger partial charge in [0.05, 0.1) is 0 Å². The van der Waals surface area contributed by atoms with Crippen LogP contribution in [0.4, 0.5) is 0 Å². The van der Waals surface area contributed by atoms with Crippen molar-refractivity contribution in [1.82, 2.24) is 5.32 Å². The van der Waals surface area contributed by atoms with E-state index in [0.717, 1.165) is 72.1 Å². The smallest absolute Gasteiger partial charge is 0.159 e. The molecule has 10 rings (SSSR count). The molecule has 0 fully saturated rings. The number of aliphatic imine (C=N–C) groups is 2. The van der Waals surface area contributed by atoms with Gasteiger partial charge in [0.25, 0.3) is 0 Å². The predicted octanol–water partition coefficient (Wildman–Crippen LogP) is 11.7. The summed E-state index contributed by atoms with van der Waals surface area (Å²) in [5.41, 5.74) is 9.31. The topological polar surface area (TPSA) is 49.9 Å². The van der Waals surface area contributed by atoms with Crippen molar-refractivity contribution in [2.75, 3.05) is 0 Å². The Morgan fingerprint density at radius 3 is 1.82 bits per heavy atom. The third-order valence-electron chi connectivity index (χ3n) is 9.91. The highest BCUT2D eigenvalue weighted by Crippen LogP contribution is 2.43. The number of benzene rings is 8. The highest BCUT2D eigenvalue weighted by molar-refractivity contribution is 6.19. The van der Waals surface area contributed by atoms with Gasteiger partial charge in [-0.1, -0.05) is 152 Å². The molecule has 240 valence electrons. The molecule has 0 bridgehead atoms. The highest BCUT2D eigenvalue weighted by Gasteiger charge is 2.22. The van der Waals surface area contributed by atoms with Crippen LogP contribution in [0.3, 0.4) is 0 Å². The van der Waals surface area contributed by atoms with Crippen LogP contribution in [0, 0.1) is 0 Å². The van der Waals surface area contributed by atoms with Crippen molar-refractivity contribution >= 4 is 55.2 Å². The van der Waals surface area contributed by atoms with Crippen LogP contribution in [-0.4, -0.2) is 11.7 Å². The van der Waals surface area contributed by atoms with Crippen LogP contribution < -0.4 is 5.32 Å². The summed E-state index contributed by atoms with van der Waals surface area (Å²) in [6, 6.07) is 61.7. The van der Waals surface area contributed by atoms with Crippen LogP contribution >= 0.6 is 0 Å². The van der Waals surface area contributed by atoms with Crippen molar-refractivity contribution < 1.29 is 4.42 Å². The second kappa shape index (κ2) is 12.0. The van der Waals surface area contributed by atoms with Crippen LogP contribution in [0.1, 0.15) is 22.9 Å². The maximum Gasteiger partial charge on any atom is 0.159 e. The normalized spacial score (nSPS) is 14.5. The minimum atomic E-state index is -0.293. The average Bonchev–Trinajstić information content (AvgIpc) is 3.58. The molecule has 0 spiro atoms. The van der Waals surface area contributed by atoms with Gasteiger partial charge in [0.1, 0.15) is 23.2 Å². The summed E-state index contributed by atoms with van der Waals surface area (Å²) < 4.78 is 6.81. The summed E-state index contributed by atoms with van der Waals surface area (Å²) in [6.07, 6.45) is -0.293. The van der Waals surface area contributed by atoms with Crippen LogP contribution in [0.2, 0.25) is 0 Å². The summed E-state index contributed by atoms with van der Waals surface area (Å²) in [6.45, 7) is 0. The van der Waals surface area contributed by atoms with E-state index in [1.165, 1.54) is 16.2 Å². The first-order valence-electron chi connectivity index (χ1n) is 17.3. The Balaban J connectivity index is 1.10. The van der Waals surface area contributed by atoms with E-state index in [9.17, 15) is 0 Å². The average molecular weight is 654 g/mol. The molecule has 1 aliphatic rings. The lowest BCUT2D eigenvalue weighted by Crippen LogP contribution is -2.33. The summed E-state index contributed by atoms with van der Waals surface area (Å²) in [5, 5.41) is 10.6. The zero-order chi connectivity index (χ0) is 33.7. The molecule has 1 atom stereocenters. The van der Waals surface area contributed by atoms with Crippen molar-refractivity contribution in [3.8, 4) is 22.3 Å². The monoisotopic (exact) mass is 653 g/mol. The summed E-state index contributed by atoms with van der Waals surface area (Å²) in [4.78, 5) is 10.0. The third-order valence-corrected chi connectivity index (χ3v) is 9.91. The van der Waals surface area contributed by atoms with Gasteiger partial charge in [-0.15, -0.1) is 0 Å².